The summed E-state index contributed by atoms with van der Waals surface area (Å²) in [5.74, 6) is -3.18. The zero-order valence-corrected chi connectivity index (χ0v) is 41.6. The minimum atomic E-state index is -1.64. The van der Waals surface area contributed by atoms with Gasteiger partial charge < -0.3 is 30.7 Å². The SMILES string of the molecule is COc1cc(C(C)Cl)ccc1NC(=O)c1ccc(Cl)c(N=NC(C(C)=O)C(=O)Nc2ccc(NC(=O)C(N=Nc3cc(C(=O)Nc4ccc(C(C)Cl)cc4OC)ccc3Cl)C(C)=O)c(CCCl)c2)c1. The van der Waals surface area contributed by atoms with Gasteiger partial charge in [0.25, 0.3) is 23.6 Å². The van der Waals surface area contributed by atoms with Crippen molar-refractivity contribution in [3.8, 4) is 11.5 Å². The van der Waals surface area contributed by atoms with E-state index in [1.807, 2.05) is 0 Å². The third-order valence-electron chi connectivity index (χ3n) is 10.1. The number of carbonyl (C=O) groups is 6. The predicted octanol–water partition coefficient (Wildman–Crippen LogP) is 12.3. The number of amides is 4. The Morgan fingerprint density at radius 1 is 0.565 bits per heavy atom. The average molecular weight is 1040 g/mol. The molecule has 0 aliphatic rings. The summed E-state index contributed by atoms with van der Waals surface area (Å²) in [7, 11) is 2.92. The second-order valence-electron chi connectivity index (χ2n) is 15.1. The normalized spacial score (nSPS) is 13.0. The van der Waals surface area contributed by atoms with Gasteiger partial charge in [0.05, 0.1) is 46.4 Å². The molecule has 0 heterocycles. The lowest BCUT2D eigenvalue weighted by atomic mass is 10.1. The molecule has 4 unspecified atom stereocenters. The Kier molecular flexibility index (Phi) is 19.2. The Hall–Kier alpha value is -6.43. The van der Waals surface area contributed by atoms with Crippen molar-refractivity contribution in [2.75, 3.05) is 41.4 Å². The Morgan fingerprint density at radius 2 is 1.00 bits per heavy atom. The highest BCUT2D eigenvalue weighted by molar-refractivity contribution is 6.33. The zero-order valence-electron chi connectivity index (χ0n) is 37.8. The molecular formula is C48H45Cl5N8O8. The Bertz CT molecular complexity index is 2840. The first-order chi connectivity index (χ1) is 32.8. The van der Waals surface area contributed by atoms with Crippen molar-refractivity contribution >= 4 is 127 Å². The average Bonchev–Trinajstić information content (AvgIpc) is 3.30. The molecule has 4 N–H and O–H groups in total. The number of nitrogens with zero attached hydrogens (tertiary/aromatic N) is 4. The van der Waals surface area contributed by atoms with Crippen molar-refractivity contribution in [1.82, 2.24) is 0 Å². The summed E-state index contributed by atoms with van der Waals surface area (Å²) in [6, 6.07) is 19.9. The van der Waals surface area contributed by atoms with Crippen molar-refractivity contribution in [1.29, 1.82) is 0 Å². The van der Waals surface area contributed by atoms with Crippen LogP contribution in [0.2, 0.25) is 10.0 Å². The molecule has 0 saturated carbocycles. The van der Waals surface area contributed by atoms with Crippen LogP contribution in [0.15, 0.2) is 111 Å². The Morgan fingerprint density at radius 3 is 1.41 bits per heavy atom. The standard InChI is InChI=1S/C48H45Cl5N8O8/c1-24(50)28-9-14-37(41(22-28)68-5)56-45(64)31-7-12-34(52)39(20-31)58-60-43(26(3)62)47(66)54-33-11-16-36(30(19-33)17-18-49)55-48(67)44(27(4)63)61-59-40-21-32(8-13-35(40)53)46(65)57-38-15-10-29(25(2)51)23-42(38)69-6/h7-16,19-25,43-44H,17-18H2,1-6H3,(H,54,66)(H,55,67)(H,56,64)(H,57,65). The summed E-state index contributed by atoms with van der Waals surface area (Å²) in [6.07, 6.45) is 0.197. The molecule has 5 rings (SSSR count). The number of aryl methyl sites for hydroxylation is 1. The molecule has 69 heavy (non-hydrogen) atoms. The van der Waals surface area contributed by atoms with Crippen LogP contribution in [0.1, 0.15) is 75.9 Å². The van der Waals surface area contributed by atoms with Crippen LogP contribution in [0.4, 0.5) is 34.1 Å². The molecule has 21 heteroatoms. The number of ketones is 2. The van der Waals surface area contributed by atoms with Gasteiger partial charge in [0.1, 0.15) is 22.9 Å². The molecule has 0 bridgehead atoms. The monoisotopic (exact) mass is 1040 g/mol. The number of rotatable bonds is 20. The summed E-state index contributed by atoms with van der Waals surface area (Å²) in [6.45, 7) is 5.92. The highest BCUT2D eigenvalue weighted by Crippen LogP contribution is 2.34. The number of carbonyl (C=O) groups excluding carboxylic acids is 6. The number of hydrogen-bond donors (Lipinski definition) is 4. The topological polar surface area (TPSA) is 218 Å². The van der Waals surface area contributed by atoms with Crippen molar-refractivity contribution in [3.05, 3.63) is 129 Å². The molecule has 360 valence electrons. The van der Waals surface area contributed by atoms with Crippen LogP contribution in [0, 0.1) is 0 Å². The molecule has 0 spiro atoms. The summed E-state index contributed by atoms with van der Waals surface area (Å²) < 4.78 is 10.8. The van der Waals surface area contributed by atoms with E-state index in [4.69, 9.17) is 67.5 Å². The lowest BCUT2D eigenvalue weighted by Crippen LogP contribution is -2.32. The van der Waals surface area contributed by atoms with Crippen LogP contribution in [0.5, 0.6) is 11.5 Å². The van der Waals surface area contributed by atoms with Gasteiger partial charge in [0, 0.05) is 28.4 Å². The number of nitrogens with one attached hydrogen (secondary N) is 4. The van der Waals surface area contributed by atoms with E-state index >= 15 is 0 Å². The molecule has 0 fully saturated rings. The van der Waals surface area contributed by atoms with E-state index in [2.05, 4.69) is 41.7 Å². The van der Waals surface area contributed by atoms with Gasteiger partial charge in [-0.05, 0) is 130 Å². The Balaban J connectivity index is 1.28. The van der Waals surface area contributed by atoms with Crippen molar-refractivity contribution in [2.45, 2.75) is 57.0 Å². The largest absolute Gasteiger partial charge is 0.495 e. The number of alkyl halides is 3. The molecule has 4 atom stereocenters. The molecular weight excluding hydrogens is 994 g/mol. The summed E-state index contributed by atoms with van der Waals surface area (Å²) >= 11 is 31.3. The van der Waals surface area contributed by atoms with Gasteiger partial charge in [0.15, 0.2) is 11.6 Å². The fourth-order valence-corrected chi connectivity index (χ4v) is 7.14. The fraction of sp³-hybridized carbons (Fsp3) is 0.250. The van der Waals surface area contributed by atoms with Gasteiger partial charge in [-0.3, -0.25) is 28.8 Å². The molecule has 5 aromatic rings. The number of benzene rings is 5. The number of anilines is 4. The third kappa shape index (κ3) is 14.3. The van der Waals surface area contributed by atoms with Gasteiger partial charge in [-0.1, -0.05) is 35.3 Å². The van der Waals surface area contributed by atoms with E-state index < -0.39 is 47.3 Å². The third-order valence-corrected chi connectivity index (χ3v) is 11.4. The summed E-state index contributed by atoms with van der Waals surface area (Å²) in [5, 5.41) is 26.5. The number of ether oxygens (including phenoxy) is 2. The van der Waals surface area contributed by atoms with Gasteiger partial charge in [0.2, 0.25) is 12.1 Å². The first-order valence-electron chi connectivity index (χ1n) is 20.8. The van der Waals surface area contributed by atoms with Crippen molar-refractivity contribution < 1.29 is 38.2 Å². The molecule has 0 saturated heterocycles. The van der Waals surface area contributed by atoms with Crippen LogP contribution >= 0.6 is 58.0 Å². The second-order valence-corrected chi connectivity index (χ2v) is 17.6. The van der Waals surface area contributed by atoms with Gasteiger partial charge in [-0.2, -0.15) is 20.5 Å². The molecule has 4 amide bonds. The zero-order chi connectivity index (χ0) is 50.5. The number of azo groups is 2. The summed E-state index contributed by atoms with van der Waals surface area (Å²) in [5.41, 5.74) is 3.56. The van der Waals surface area contributed by atoms with E-state index in [1.54, 1.807) is 50.2 Å². The molecule has 5 aromatic carbocycles. The highest BCUT2D eigenvalue weighted by Gasteiger charge is 2.27. The number of hydrogen-bond acceptors (Lipinski definition) is 12. The van der Waals surface area contributed by atoms with Crippen LogP contribution < -0.4 is 30.7 Å². The molecule has 16 nitrogen and oxygen atoms in total. The molecule has 0 aliphatic carbocycles. The number of halogens is 5. The molecule has 0 aromatic heterocycles. The van der Waals surface area contributed by atoms with Crippen molar-refractivity contribution in [2.24, 2.45) is 20.5 Å². The van der Waals surface area contributed by atoms with E-state index in [9.17, 15) is 28.8 Å². The lowest BCUT2D eigenvalue weighted by Gasteiger charge is -2.16. The van der Waals surface area contributed by atoms with Crippen LogP contribution in [-0.4, -0.2) is 67.4 Å². The van der Waals surface area contributed by atoms with E-state index in [0.29, 0.717) is 28.4 Å². The van der Waals surface area contributed by atoms with Crippen LogP contribution in [0.25, 0.3) is 0 Å². The predicted molar refractivity (Wildman–Crippen MR) is 269 cm³/mol. The van der Waals surface area contributed by atoms with E-state index in [0.717, 1.165) is 25.0 Å². The maximum Gasteiger partial charge on any atom is 0.258 e. The first-order valence-corrected chi connectivity index (χ1v) is 23.0. The maximum atomic E-state index is 13.6. The fourth-order valence-electron chi connectivity index (χ4n) is 6.36. The van der Waals surface area contributed by atoms with Gasteiger partial charge >= 0.3 is 0 Å². The first kappa shape index (κ1) is 53.5. The van der Waals surface area contributed by atoms with Gasteiger partial charge in [-0.25, -0.2) is 0 Å². The lowest BCUT2D eigenvalue weighted by molar-refractivity contribution is -0.127. The van der Waals surface area contributed by atoms with Crippen LogP contribution in [0.3, 0.4) is 0 Å². The smallest absolute Gasteiger partial charge is 0.258 e. The van der Waals surface area contributed by atoms with E-state index in [-0.39, 0.29) is 67.0 Å². The second kappa shape index (κ2) is 24.7. The quantitative estimate of drug-likeness (QED) is 0.0333. The minimum absolute atomic E-state index is 0.00830. The van der Waals surface area contributed by atoms with E-state index in [1.165, 1.54) is 68.8 Å². The molecule has 0 radical (unpaired) electrons. The Labute approximate surface area is 422 Å². The molecule has 0 aliphatic heterocycles. The number of Topliss-reactive ketones (excluding diaryl/α,β-unsaturated/α-hetero) is 2. The van der Waals surface area contributed by atoms with Crippen LogP contribution in [-0.2, 0) is 25.6 Å². The van der Waals surface area contributed by atoms with Crippen molar-refractivity contribution in [3.63, 3.8) is 0 Å². The summed E-state index contributed by atoms with van der Waals surface area (Å²) in [4.78, 5) is 79.0. The van der Waals surface area contributed by atoms with Gasteiger partial charge in [-0.15, -0.1) is 34.8 Å². The maximum absolute atomic E-state index is 13.6. The number of methoxy groups -OCH3 is 2. The highest BCUT2D eigenvalue weighted by atomic mass is 35.5. The minimum Gasteiger partial charge on any atom is -0.495 e.